The Bertz CT molecular complexity index is 860. The summed E-state index contributed by atoms with van der Waals surface area (Å²) in [5.41, 5.74) is 1.18. The van der Waals surface area contributed by atoms with E-state index in [1.807, 2.05) is 24.3 Å². The number of rotatable bonds is 8. The maximum absolute atomic E-state index is 12.3. The molecular formula is C17H19N3O3S2. The van der Waals surface area contributed by atoms with Gasteiger partial charge in [0.1, 0.15) is 16.9 Å². The third-order valence-electron chi connectivity index (χ3n) is 3.41. The Hall–Kier alpha value is -2.06. The van der Waals surface area contributed by atoms with Crippen LogP contribution in [0, 0.1) is 0 Å². The number of esters is 1. The molecule has 0 fully saturated rings. The Labute approximate surface area is 154 Å². The highest BCUT2D eigenvalue weighted by Crippen LogP contribution is 2.33. The first-order valence-corrected chi connectivity index (χ1v) is 9.90. The van der Waals surface area contributed by atoms with Crippen molar-refractivity contribution in [1.29, 1.82) is 0 Å². The fourth-order valence-electron chi connectivity index (χ4n) is 2.32. The number of anilines is 1. The molecule has 132 valence electrons. The molecule has 1 aromatic carbocycles. The smallest absolute Gasteiger partial charge is 0.342 e. The second kappa shape index (κ2) is 8.35. The van der Waals surface area contributed by atoms with Gasteiger partial charge in [0, 0.05) is 11.9 Å². The number of aromatic nitrogens is 2. The molecule has 0 aliphatic heterocycles. The number of para-hydroxylation sites is 1. The van der Waals surface area contributed by atoms with Crippen molar-refractivity contribution in [2.24, 2.45) is 0 Å². The largest absolute Gasteiger partial charge is 0.462 e. The van der Waals surface area contributed by atoms with Gasteiger partial charge in [-0.05, 0) is 19.4 Å². The van der Waals surface area contributed by atoms with Crippen LogP contribution in [0.25, 0.3) is 11.0 Å². The SMILES string of the molecule is CCCNc1nnc(SCc2oc3ccccc3c2C(=O)OCC)s1. The van der Waals surface area contributed by atoms with Gasteiger partial charge in [-0.2, -0.15) is 0 Å². The van der Waals surface area contributed by atoms with Crippen LogP contribution >= 0.6 is 23.1 Å². The van der Waals surface area contributed by atoms with Crippen LogP contribution in [0.2, 0.25) is 0 Å². The van der Waals surface area contributed by atoms with Crippen LogP contribution in [0.3, 0.4) is 0 Å². The summed E-state index contributed by atoms with van der Waals surface area (Å²) in [4.78, 5) is 12.3. The van der Waals surface area contributed by atoms with Crippen LogP contribution in [0.5, 0.6) is 0 Å². The van der Waals surface area contributed by atoms with E-state index >= 15 is 0 Å². The molecule has 25 heavy (non-hydrogen) atoms. The van der Waals surface area contributed by atoms with Crippen LogP contribution in [-0.4, -0.2) is 29.3 Å². The van der Waals surface area contributed by atoms with Gasteiger partial charge in [0.2, 0.25) is 5.13 Å². The maximum atomic E-state index is 12.3. The van der Waals surface area contributed by atoms with E-state index in [0.717, 1.165) is 27.8 Å². The lowest BCUT2D eigenvalue weighted by Crippen LogP contribution is -2.06. The lowest BCUT2D eigenvalue weighted by atomic mass is 10.1. The van der Waals surface area contributed by atoms with Crippen molar-refractivity contribution in [3.8, 4) is 0 Å². The molecule has 0 aliphatic carbocycles. The second-order valence-corrected chi connectivity index (χ2v) is 7.41. The minimum atomic E-state index is -0.356. The number of fused-ring (bicyclic) bond motifs is 1. The van der Waals surface area contributed by atoms with Crippen LogP contribution in [-0.2, 0) is 10.5 Å². The van der Waals surface area contributed by atoms with Crippen molar-refractivity contribution in [2.45, 2.75) is 30.4 Å². The third kappa shape index (κ3) is 4.13. The number of nitrogens with zero attached hydrogens (tertiary/aromatic N) is 2. The van der Waals surface area contributed by atoms with E-state index < -0.39 is 0 Å². The molecule has 0 aliphatic rings. The van der Waals surface area contributed by atoms with Crippen molar-refractivity contribution in [3.05, 3.63) is 35.6 Å². The molecule has 0 atom stereocenters. The van der Waals surface area contributed by atoms with Gasteiger partial charge in [-0.3, -0.25) is 0 Å². The van der Waals surface area contributed by atoms with Crippen LogP contribution in [0.4, 0.5) is 5.13 Å². The monoisotopic (exact) mass is 377 g/mol. The summed E-state index contributed by atoms with van der Waals surface area (Å²) in [6.07, 6.45) is 1.03. The van der Waals surface area contributed by atoms with E-state index in [-0.39, 0.29) is 5.97 Å². The van der Waals surface area contributed by atoms with Crippen LogP contribution in [0.1, 0.15) is 36.4 Å². The van der Waals surface area contributed by atoms with Crippen molar-refractivity contribution >= 4 is 45.2 Å². The summed E-state index contributed by atoms with van der Waals surface area (Å²) in [5.74, 6) is 0.735. The van der Waals surface area contributed by atoms with E-state index in [4.69, 9.17) is 9.15 Å². The zero-order valence-corrected chi connectivity index (χ0v) is 15.7. The van der Waals surface area contributed by atoms with Gasteiger partial charge in [-0.25, -0.2) is 4.79 Å². The standard InChI is InChI=1S/C17H19N3O3S2/c1-3-9-18-16-19-20-17(25-16)24-10-13-14(15(21)22-4-2)11-7-5-6-8-12(11)23-13/h5-8H,3-4,9-10H2,1-2H3,(H,18,19). The predicted molar refractivity (Wildman–Crippen MR) is 100 cm³/mol. The minimum absolute atomic E-state index is 0.327. The quantitative estimate of drug-likeness (QED) is 0.455. The topological polar surface area (TPSA) is 77.3 Å². The second-order valence-electron chi connectivity index (χ2n) is 5.21. The Morgan fingerprint density at radius 2 is 2.16 bits per heavy atom. The number of benzene rings is 1. The van der Waals surface area contributed by atoms with Gasteiger partial charge in [-0.15, -0.1) is 10.2 Å². The van der Waals surface area contributed by atoms with E-state index in [0.29, 0.717) is 29.3 Å². The summed E-state index contributed by atoms with van der Waals surface area (Å²) in [6.45, 7) is 5.09. The van der Waals surface area contributed by atoms with Crippen molar-refractivity contribution < 1.29 is 13.9 Å². The zero-order valence-electron chi connectivity index (χ0n) is 14.1. The van der Waals surface area contributed by atoms with Gasteiger partial charge in [0.25, 0.3) is 0 Å². The normalized spacial score (nSPS) is 11.0. The summed E-state index contributed by atoms with van der Waals surface area (Å²) in [7, 11) is 0. The van der Waals surface area contributed by atoms with Gasteiger partial charge < -0.3 is 14.5 Å². The highest BCUT2D eigenvalue weighted by molar-refractivity contribution is 8.00. The van der Waals surface area contributed by atoms with E-state index in [9.17, 15) is 4.79 Å². The Kier molecular flexibility index (Phi) is 5.93. The molecule has 2 aromatic heterocycles. The molecule has 0 saturated carbocycles. The average molecular weight is 377 g/mol. The fourth-order valence-corrected chi connectivity index (χ4v) is 4.03. The summed E-state index contributed by atoms with van der Waals surface area (Å²) in [5, 5.41) is 13.1. The summed E-state index contributed by atoms with van der Waals surface area (Å²) in [6, 6.07) is 7.49. The molecule has 0 bridgehead atoms. The number of carbonyl (C=O) groups excluding carboxylic acids is 1. The number of hydrogen-bond donors (Lipinski definition) is 1. The van der Waals surface area contributed by atoms with E-state index in [2.05, 4.69) is 22.4 Å². The molecule has 0 amide bonds. The number of hydrogen-bond acceptors (Lipinski definition) is 8. The fraction of sp³-hybridized carbons (Fsp3) is 0.353. The molecule has 3 rings (SSSR count). The Morgan fingerprint density at radius 3 is 2.96 bits per heavy atom. The van der Waals surface area contributed by atoms with Gasteiger partial charge in [0.05, 0.1) is 12.4 Å². The summed E-state index contributed by atoms with van der Waals surface area (Å²) < 4.78 is 11.9. The van der Waals surface area contributed by atoms with Crippen LogP contribution < -0.4 is 5.32 Å². The number of carbonyl (C=O) groups is 1. The molecule has 1 N–H and O–H groups in total. The number of furan rings is 1. The number of ether oxygens (including phenoxy) is 1. The molecule has 0 spiro atoms. The molecular weight excluding hydrogens is 358 g/mol. The van der Waals surface area contributed by atoms with Gasteiger partial charge in [-0.1, -0.05) is 48.2 Å². The van der Waals surface area contributed by atoms with Gasteiger partial charge in [0.15, 0.2) is 4.34 Å². The Morgan fingerprint density at radius 1 is 1.32 bits per heavy atom. The molecule has 2 heterocycles. The molecule has 6 nitrogen and oxygen atoms in total. The first-order chi connectivity index (χ1) is 12.2. The first-order valence-electron chi connectivity index (χ1n) is 8.10. The van der Waals surface area contributed by atoms with Crippen molar-refractivity contribution in [1.82, 2.24) is 10.2 Å². The van der Waals surface area contributed by atoms with Crippen molar-refractivity contribution in [2.75, 3.05) is 18.5 Å². The first kappa shape index (κ1) is 17.8. The molecule has 0 radical (unpaired) electrons. The highest BCUT2D eigenvalue weighted by Gasteiger charge is 2.22. The minimum Gasteiger partial charge on any atom is -0.462 e. The molecule has 8 heteroatoms. The van der Waals surface area contributed by atoms with E-state index in [1.165, 1.54) is 23.1 Å². The van der Waals surface area contributed by atoms with Gasteiger partial charge >= 0.3 is 5.97 Å². The molecule has 0 saturated heterocycles. The molecule has 0 unspecified atom stereocenters. The Balaban J connectivity index is 1.79. The number of nitrogens with one attached hydrogen (secondary N) is 1. The highest BCUT2D eigenvalue weighted by atomic mass is 32.2. The van der Waals surface area contributed by atoms with E-state index in [1.54, 1.807) is 6.92 Å². The maximum Gasteiger partial charge on any atom is 0.342 e. The lowest BCUT2D eigenvalue weighted by molar-refractivity contribution is 0.0526. The average Bonchev–Trinajstić information content (AvgIpc) is 3.22. The third-order valence-corrected chi connectivity index (χ3v) is 5.42. The van der Waals surface area contributed by atoms with Crippen LogP contribution in [0.15, 0.2) is 33.0 Å². The predicted octanol–water partition coefficient (Wildman–Crippen LogP) is 4.58. The molecule has 3 aromatic rings. The number of thioether (sulfide) groups is 1. The van der Waals surface area contributed by atoms with Crippen molar-refractivity contribution in [3.63, 3.8) is 0 Å². The zero-order chi connectivity index (χ0) is 17.6. The summed E-state index contributed by atoms with van der Waals surface area (Å²) >= 11 is 2.99. The lowest BCUT2D eigenvalue weighted by Gasteiger charge is -2.02.